The van der Waals surface area contributed by atoms with Crippen molar-refractivity contribution in [3.05, 3.63) is 106 Å². The highest BCUT2D eigenvalue weighted by Crippen LogP contribution is 2.61. The van der Waals surface area contributed by atoms with E-state index in [4.69, 9.17) is 10.0 Å². The van der Waals surface area contributed by atoms with E-state index < -0.39 is 223 Å². The van der Waals surface area contributed by atoms with Gasteiger partial charge in [-0.05, 0) is 24.3 Å². The molecule has 98 heavy (non-hydrogen) atoms. The van der Waals surface area contributed by atoms with E-state index >= 15 is 0 Å². The SMILES string of the molecule is FC(F)(F)C(Oc1cccc2c1C1=NC2=Nc2c3c(OC(C(F)(F)F)(C(F)(F)F)C(F)(F)F)cccc3c3[n]2[Al]([Cl])[n]2c(c4cccc(OC(C(F)(F)F)(C(F)(F)F)C(F)(F)F)c4c2=NC2=NC(=N3)c3c(OC(C(F)(F)F)(C(F)(F)F)C(F)(F)F)cccc32)=N1)(C(F)(F)F)C(F)(F)F. The van der Waals surface area contributed by atoms with Crippen LogP contribution < -0.4 is 29.9 Å². The van der Waals surface area contributed by atoms with Gasteiger partial charge in [0.2, 0.25) is 0 Å². The Balaban J connectivity index is 1.50. The number of ether oxygens (including phenoxy) is 4. The van der Waals surface area contributed by atoms with Crippen LogP contribution in [0.2, 0.25) is 0 Å². The molecule has 530 valence electrons. The second-order valence-electron chi connectivity index (χ2n) is 20.1. The lowest BCUT2D eigenvalue weighted by Gasteiger charge is -2.38. The van der Waals surface area contributed by atoms with Crippen molar-refractivity contribution in [2.45, 2.75) is 96.5 Å². The molecule has 0 amide bonds. The smallest absolute Gasteiger partial charge is 0.461 e. The van der Waals surface area contributed by atoms with Gasteiger partial charge in [-0.1, -0.05) is 48.5 Å². The van der Waals surface area contributed by atoms with Crippen LogP contribution >= 0.6 is 10.0 Å². The Kier molecular flexibility index (Phi) is 15.8. The van der Waals surface area contributed by atoms with E-state index in [1.165, 1.54) is 0 Å². The molecule has 6 aromatic rings. The molecule has 10 rings (SSSR count). The third-order valence-electron chi connectivity index (χ3n) is 14.4. The van der Waals surface area contributed by atoms with E-state index in [0.29, 0.717) is 0 Å². The fourth-order valence-electron chi connectivity index (χ4n) is 10.2. The molecule has 0 saturated heterocycles. The lowest BCUT2D eigenvalue weighted by molar-refractivity contribution is -0.438. The zero-order chi connectivity index (χ0) is 73.8. The molecule has 0 aliphatic carbocycles. The van der Waals surface area contributed by atoms with Crippen LogP contribution in [-0.2, 0) is 0 Å². The first-order valence-corrected chi connectivity index (χ1v) is 27.5. The first kappa shape index (κ1) is 72.5. The zero-order valence-electron chi connectivity index (χ0n) is 44.7. The maximum absolute atomic E-state index is 14.8. The molecule has 6 bridgehead atoms. The normalized spacial score (nSPS) is 16.4. The van der Waals surface area contributed by atoms with Crippen molar-refractivity contribution < 1.29 is 177 Å². The van der Waals surface area contributed by atoms with Crippen LogP contribution in [0, 0.1) is 0 Å². The summed E-state index contributed by atoms with van der Waals surface area (Å²) in [6.07, 6.45) is -93.6. The Morgan fingerprint density at radius 3 is 0.918 bits per heavy atom. The van der Waals surface area contributed by atoms with Gasteiger partial charge in [-0.25, -0.2) is 30.0 Å². The zero-order valence-corrected chi connectivity index (χ0v) is 46.6. The van der Waals surface area contributed by atoms with E-state index in [-0.39, 0.29) is 79.9 Å². The number of aliphatic imine (C=N–C) groups is 4. The second-order valence-corrected chi connectivity index (χ2v) is 23.0. The van der Waals surface area contributed by atoms with Crippen LogP contribution in [0.1, 0.15) is 22.3 Å². The number of hydrogen-bond donors (Lipinski definition) is 0. The molecular formula is C48H12AlClF36N8O4. The van der Waals surface area contributed by atoms with Crippen LogP contribution in [0.3, 0.4) is 0 Å². The molecule has 0 radical (unpaired) electrons. The van der Waals surface area contributed by atoms with Crippen LogP contribution in [0.4, 0.5) is 170 Å². The van der Waals surface area contributed by atoms with Crippen LogP contribution in [0.15, 0.2) is 103 Å². The predicted molar refractivity (Wildman–Crippen MR) is 253 cm³/mol. The first-order chi connectivity index (χ1) is 44.1. The molecule has 4 aliphatic rings. The molecule has 50 heteroatoms. The average molecular weight is 1510 g/mol. The lowest BCUT2D eigenvalue weighted by atomic mass is 10.00. The molecule has 4 aliphatic heterocycles. The minimum atomic E-state index is -7.85. The maximum Gasteiger partial charge on any atom is 0.722 e. The average Bonchev–Trinajstić information content (AvgIpc) is 1.39. The van der Waals surface area contributed by atoms with E-state index in [9.17, 15) is 158 Å². The van der Waals surface area contributed by atoms with E-state index in [0.717, 1.165) is 0 Å². The molecule has 2 aromatic heterocycles. The standard InChI is InChI=1S/C48H12F36N8O4.Al.ClH/c49-37(50,51)33(38(52,53)54,39(55,56)57)93-17-9-1-5-13-21(17)29-85-25(13)89-30-22-14(6-2-10-18(22)94-34(40(58,59)60,41(61,62)63)42(64,65)66)27(86-30)91-32-24-16(8-4-12-20(24)96-36(46(76,77)78,47(79,80)81)48(82,83)84)28(88-32)92-31-23-15(26(87-31)90-29)7-3-11-19(23)95-35(43(67,68)69,44(70,71)72)45(73,74)75;;/h1-12H;;1H/q-2;+3;/p-1. The van der Waals surface area contributed by atoms with Gasteiger partial charge in [-0.2, -0.15) is 168 Å². The fourth-order valence-corrected chi connectivity index (χ4v) is 13.2. The van der Waals surface area contributed by atoms with Crippen molar-refractivity contribution in [2.75, 3.05) is 0 Å². The third kappa shape index (κ3) is 10.1. The molecule has 0 spiro atoms. The maximum atomic E-state index is 14.8. The van der Waals surface area contributed by atoms with Crippen LogP contribution in [0.25, 0.3) is 21.5 Å². The number of amidine groups is 4. The number of fused-ring (bicyclic) bond motifs is 14. The molecule has 4 aromatic carbocycles. The molecule has 12 nitrogen and oxygen atoms in total. The Morgan fingerprint density at radius 1 is 0.276 bits per heavy atom. The number of alkyl halides is 36. The fraction of sp³-hybridized carbons (Fsp3) is 0.333. The summed E-state index contributed by atoms with van der Waals surface area (Å²) in [5.74, 6) is -21.2. The summed E-state index contributed by atoms with van der Waals surface area (Å²) in [4.78, 5) is 22.2. The Hall–Kier alpha value is -8.26. The highest BCUT2D eigenvalue weighted by molar-refractivity contribution is 7.05. The van der Waals surface area contributed by atoms with Gasteiger partial charge >= 0.3 is 110 Å². The molecule has 0 unspecified atom stereocenters. The topological polar surface area (TPSA) is 121 Å². The Bertz CT molecular complexity index is 4420. The van der Waals surface area contributed by atoms with E-state index in [1.807, 2.05) is 0 Å². The quantitative estimate of drug-likeness (QED) is 0.111. The van der Waals surface area contributed by atoms with Crippen molar-refractivity contribution in [1.29, 1.82) is 0 Å². The van der Waals surface area contributed by atoms with E-state index in [1.54, 1.807) is 0 Å². The number of halogens is 37. The minimum Gasteiger partial charge on any atom is -0.461 e. The number of nitrogens with zero attached hydrogens (tertiary/aromatic N) is 8. The predicted octanol–water partition coefficient (Wildman–Crippen LogP) is 16.4. The van der Waals surface area contributed by atoms with Gasteiger partial charge in [0.25, 0.3) is 0 Å². The Labute approximate surface area is 519 Å². The Morgan fingerprint density at radius 2 is 0.551 bits per heavy atom. The van der Waals surface area contributed by atoms with Crippen molar-refractivity contribution in [1.82, 2.24) is 7.10 Å². The molecule has 0 fully saturated rings. The van der Waals surface area contributed by atoms with E-state index in [2.05, 4.69) is 48.9 Å². The molecular weight excluding hydrogens is 1500 g/mol. The van der Waals surface area contributed by atoms with Crippen molar-refractivity contribution in [2.24, 2.45) is 30.0 Å². The summed E-state index contributed by atoms with van der Waals surface area (Å²) < 4.78 is 545. The number of aromatic nitrogens is 2. The number of hydrogen-bond acceptors (Lipinski definition) is 10. The lowest BCUT2D eigenvalue weighted by Crippen LogP contribution is -2.69. The molecule has 6 heterocycles. The summed E-state index contributed by atoms with van der Waals surface area (Å²) in [5.41, 5.74) is -40.7. The van der Waals surface area contributed by atoms with Crippen molar-refractivity contribution >= 4 is 80.2 Å². The summed E-state index contributed by atoms with van der Waals surface area (Å²) in [6, 6.07) is 0.161. The highest BCUT2D eigenvalue weighted by atomic mass is 35.6. The summed E-state index contributed by atoms with van der Waals surface area (Å²) in [5, 5.41) is -7.27. The van der Waals surface area contributed by atoms with Crippen LogP contribution in [0.5, 0.6) is 23.0 Å². The summed E-state index contributed by atoms with van der Waals surface area (Å²) in [7, 11) is 7.14. The number of rotatable bonds is 8. The number of benzene rings is 4. The molecule has 0 saturated carbocycles. The van der Waals surface area contributed by atoms with Gasteiger partial charge in [0, 0.05) is 21.9 Å². The van der Waals surface area contributed by atoms with Gasteiger partial charge in [-0.15, -0.1) is 0 Å². The largest absolute Gasteiger partial charge is 0.722 e. The van der Waals surface area contributed by atoms with Crippen molar-refractivity contribution in [3.63, 3.8) is 0 Å². The van der Waals surface area contributed by atoms with Gasteiger partial charge in [0.1, 0.15) is 45.6 Å². The molecule has 0 atom stereocenters. The third-order valence-corrected chi connectivity index (χ3v) is 17.4. The monoisotopic (exact) mass is 1510 g/mol. The van der Waals surface area contributed by atoms with Gasteiger partial charge < -0.3 is 26.0 Å². The second kappa shape index (κ2) is 21.4. The van der Waals surface area contributed by atoms with Gasteiger partial charge in [0.15, 0.2) is 23.3 Å². The van der Waals surface area contributed by atoms with Crippen molar-refractivity contribution in [3.8, 4) is 23.0 Å². The van der Waals surface area contributed by atoms with Gasteiger partial charge in [-0.3, -0.25) is 0 Å². The van der Waals surface area contributed by atoms with Crippen LogP contribution in [-0.4, -0.2) is 141 Å². The first-order valence-electron chi connectivity index (χ1n) is 24.7. The minimum absolute atomic E-state index is 0.0592. The summed E-state index contributed by atoms with van der Waals surface area (Å²) in [6.45, 7) is 0. The van der Waals surface area contributed by atoms with Gasteiger partial charge in [0.05, 0.1) is 21.9 Å². The molecule has 0 N–H and O–H groups in total. The highest BCUT2D eigenvalue weighted by Gasteiger charge is 2.90. The summed E-state index contributed by atoms with van der Waals surface area (Å²) >= 11 is -5.69.